The molecule has 10 heteroatoms. The number of fused-ring (bicyclic) bond motifs is 1. The highest BCUT2D eigenvalue weighted by Crippen LogP contribution is 2.13. The van der Waals surface area contributed by atoms with Crippen LogP contribution < -0.4 is 16.3 Å². The number of hydrogen-bond acceptors (Lipinski definition) is 6. The van der Waals surface area contributed by atoms with E-state index in [0.717, 1.165) is 19.3 Å². The lowest BCUT2D eigenvalue weighted by Gasteiger charge is -2.12. The van der Waals surface area contributed by atoms with E-state index in [1.54, 1.807) is 0 Å². The predicted molar refractivity (Wildman–Crippen MR) is 90.4 cm³/mol. The third-order valence-corrected chi connectivity index (χ3v) is 3.34. The molecule has 4 N–H and O–H groups in total. The summed E-state index contributed by atoms with van der Waals surface area (Å²) >= 11 is 0. The number of aryl methyl sites for hydroxylation is 1. The van der Waals surface area contributed by atoms with Gasteiger partial charge in [-0.1, -0.05) is 19.8 Å². The molecule has 0 bridgehead atoms. The number of aromatic amines is 1. The number of imidazole rings is 1. The molecule has 0 saturated heterocycles. The van der Waals surface area contributed by atoms with Crippen molar-refractivity contribution in [2.45, 2.75) is 39.2 Å². The zero-order chi connectivity index (χ0) is 17.4. The van der Waals surface area contributed by atoms with E-state index in [4.69, 9.17) is 5.11 Å². The molecule has 0 spiro atoms. The minimum atomic E-state index is -1.08. The second-order valence-electron chi connectivity index (χ2n) is 5.14. The molecule has 0 radical (unpaired) electrons. The van der Waals surface area contributed by atoms with Crippen LogP contribution in [0.4, 0.5) is 10.7 Å². The molecule has 2 heterocycles. The van der Waals surface area contributed by atoms with Gasteiger partial charge < -0.3 is 15.4 Å². The van der Waals surface area contributed by atoms with Crippen molar-refractivity contribution in [1.82, 2.24) is 24.8 Å². The van der Waals surface area contributed by atoms with E-state index < -0.39 is 11.7 Å². The van der Waals surface area contributed by atoms with Crippen LogP contribution in [0.1, 0.15) is 32.6 Å². The van der Waals surface area contributed by atoms with Gasteiger partial charge in [-0.25, -0.2) is 15.2 Å². The monoisotopic (exact) mass is 335 g/mol. The molecule has 2 aromatic heterocycles. The summed E-state index contributed by atoms with van der Waals surface area (Å²) in [5.41, 5.74) is 3.25. The van der Waals surface area contributed by atoms with Crippen molar-refractivity contribution in [2.75, 3.05) is 12.0 Å². The van der Waals surface area contributed by atoms with Crippen LogP contribution in [0.5, 0.6) is 0 Å². The van der Waals surface area contributed by atoms with Crippen molar-refractivity contribution in [2.24, 2.45) is 5.10 Å². The molecule has 0 aliphatic rings. The van der Waals surface area contributed by atoms with Gasteiger partial charge in [-0.15, -0.1) is 0 Å². The lowest BCUT2D eigenvalue weighted by atomic mass is 10.2. The Balaban J connectivity index is 2.12. The summed E-state index contributed by atoms with van der Waals surface area (Å²) in [6, 6.07) is 0. The number of hydrogen-bond donors (Lipinski definition) is 4. The van der Waals surface area contributed by atoms with Crippen molar-refractivity contribution < 1.29 is 9.90 Å². The lowest BCUT2D eigenvalue weighted by molar-refractivity contribution is 0.195. The van der Waals surface area contributed by atoms with E-state index in [2.05, 4.69) is 37.7 Å². The van der Waals surface area contributed by atoms with Crippen LogP contribution in [0, 0.1) is 0 Å². The molecule has 10 nitrogen and oxygen atoms in total. The van der Waals surface area contributed by atoms with E-state index in [1.807, 2.05) is 4.57 Å². The van der Waals surface area contributed by atoms with E-state index in [1.165, 1.54) is 12.5 Å². The van der Waals surface area contributed by atoms with Crippen molar-refractivity contribution in [3.63, 3.8) is 0 Å². The average Bonchev–Trinajstić information content (AvgIpc) is 3.03. The number of carboxylic acid groups (broad SMARTS) is 1. The van der Waals surface area contributed by atoms with E-state index in [0.29, 0.717) is 30.1 Å². The summed E-state index contributed by atoms with van der Waals surface area (Å²) in [6.45, 7) is 3.04. The molecular formula is C14H21N7O3. The Bertz CT molecular complexity index is 765. The summed E-state index contributed by atoms with van der Waals surface area (Å²) in [6.07, 6.45) is 5.40. The highest BCUT2D eigenvalue weighted by atomic mass is 16.4. The van der Waals surface area contributed by atoms with Crippen molar-refractivity contribution in [3.8, 4) is 0 Å². The van der Waals surface area contributed by atoms with Gasteiger partial charge in [0, 0.05) is 25.7 Å². The molecule has 0 aromatic carbocycles. The zero-order valence-electron chi connectivity index (χ0n) is 13.4. The molecule has 24 heavy (non-hydrogen) atoms. The van der Waals surface area contributed by atoms with Gasteiger partial charge in [-0.3, -0.25) is 9.36 Å². The lowest BCUT2D eigenvalue weighted by Crippen LogP contribution is -2.22. The fourth-order valence-electron chi connectivity index (χ4n) is 2.19. The van der Waals surface area contributed by atoms with Crippen LogP contribution in [0.25, 0.3) is 11.2 Å². The third-order valence-electron chi connectivity index (χ3n) is 3.34. The minimum Gasteiger partial charge on any atom is -0.465 e. The largest absolute Gasteiger partial charge is 0.465 e. The molecule has 2 aromatic rings. The molecule has 0 saturated carbocycles. The molecular weight excluding hydrogens is 314 g/mol. The van der Waals surface area contributed by atoms with E-state index >= 15 is 0 Å². The average molecular weight is 335 g/mol. The SMILES string of the molecule is CCCCCn1c(N/N=C\CCNC(=O)O)nc(=O)c2[nH]cnc21. The van der Waals surface area contributed by atoms with Gasteiger partial charge in [-0.05, 0) is 6.42 Å². The Hall–Kier alpha value is -2.91. The highest BCUT2D eigenvalue weighted by molar-refractivity contribution is 5.71. The molecule has 0 aliphatic heterocycles. The minimum absolute atomic E-state index is 0.260. The van der Waals surface area contributed by atoms with Crippen LogP contribution in [0.15, 0.2) is 16.2 Å². The Morgan fingerprint density at radius 1 is 1.50 bits per heavy atom. The van der Waals surface area contributed by atoms with Gasteiger partial charge in [0.2, 0.25) is 5.95 Å². The number of aromatic nitrogens is 4. The molecule has 130 valence electrons. The number of amides is 1. The van der Waals surface area contributed by atoms with Crippen LogP contribution >= 0.6 is 0 Å². The normalized spacial score (nSPS) is 11.2. The zero-order valence-corrected chi connectivity index (χ0v) is 13.4. The van der Waals surface area contributed by atoms with Gasteiger partial charge in [0.1, 0.15) is 0 Å². The topological polar surface area (TPSA) is 137 Å². The molecule has 0 aliphatic carbocycles. The first-order valence-corrected chi connectivity index (χ1v) is 7.81. The summed E-state index contributed by atoms with van der Waals surface area (Å²) in [7, 11) is 0. The first kappa shape index (κ1) is 17.4. The number of carbonyl (C=O) groups is 1. The van der Waals surface area contributed by atoms with Crippen LogP contribution in [0.2, 0.25) is 0 Å². The van der Waals surface area contributed by atoms with Gasteiger partial charge >= 0.3 is 11.7 Å². The third kappa shape index (κ3) is 4.54. The smallest absolute Gasteiger partial charge is 0.404 e. The van der Waals surface area contributed by atoms with Gasteiger partial charge in [0.15, 0.2) is 11.2 Å². The quantitative estimate of drug-likeness (QED) is 0.310. The van der Waals surface area contributed by atoms with Crippen LogP contribution in [-0.4, -0.2) is 43.5 Å². The second kappa shape index (κ2) is 8.65. The summed E-state index contributed by atoms with van der Waals surface area (Å²) < 4.78 is 1.82. The Morgan fingerprint density at radius 3 is 3.08 bits per heavy atom. The second-order valence-corrected chi connectivity index (χ2v) is 5.14. The predicted octanol–water partition coefficient (Wildman–Crippen LogP) is 1.37. The maximum atomic E-state index is 12.0. The Morgan fingerprint density at radius 2 is 2.33 bits per heavy atom. The first-order valence-electron chi connectivity index (χ1n) is 7.81. The Kier molecular flexibility index (Phi) is 6.29. The van der Waals surface area contributed by atoms with Crippen molar-refractivity contribution >= 4 is 29.4 Å². The Labute approximate surface area is 138 Å². The number of H-pyrrole nitrogens is 1. The molecule has 0 fully saturated rings. The summed E-state index contributed by atoms with van der Waals surface area (Å²) in [5, 5.41) is 14.7. The summed E-state index contributed by atoms with van der Waals surface area (Å²) in [5.74, 6) is 0.318. The first-order chi connectivity index (χ1) is 11.6. The number of rotatable bonds is 9. The number of unbranched alkanes of at least 4 members (excludes halogenated alkanes) is 2. The fourth-order valence-corrected chi connectivity index (χ4v) is 2.19. The number of hydrazone groups is 1. The van der Waals surface area contributed by atoms with Gasteiger partial charge in [0.05, 0.1) is 6.33 Å². The van der Waals surface area contributed by atoms with Crippen molar-refractivity contribution in [3.05, 3.63) is 16.7 Å². The maximum absolute atomic E-state index is 12.0. The number of nitrogens with one attached hydrogen (secondary N) is 3. The van der Waals surface area contributed by atoms with Gasteiger partial charge in [-0.2, -0.15) is 10.1 Å². The highest BCUT2D eigenvalue weighted by Gasteiger charge is 2.12. The summed E-state index contributed by atoms with van der Waals surface area (Å²) in [4.78, 5) is 33.3. The molecule has 2 rings (SSSR count). The van der Waals surface area contributed by atoms with Crippen LogP contribution in [-0.2, 0) is 6.54 Å². The molecule has 0 atom stereocenters. The van der Waals surface area contributed by atoms with E-state index in [-0.39, 0.29) is 6.54 Å². The van der Waals surface area contributed by atoms with Crippen LogP contribution in [0.3, 0.4) is 0 Å². The van der Waals surface area contributed by atoms with Gasteiger partial charge in [0.25, 0.3) is 0 Å². The fraction of sp³-hybridized carbons (Fsp3) is 0.500. The standard InChI is InChI=1S/C14H21N7O3/c1-2-3-4-8-21-11-10(16-9-17-11)12(22)19-13(21)20-18-7-5-6-15-14(23)24/h7,9,15H,2-6,8H2,1H3,(H,16,17)(H,23,24)(H,19,20,22)/b18-7-. The number of nitrogens with zero attached hydrogens (tertiary/aromatic N) is 4. The van der Waals surface area contributed by atoms with E-state index in [9.17, 15) is 9.59 Å². The number of anilines is 1. The maximum Gasteiger partial charge on any atom is 0.404 e. The molecule has 0 unspecified atom stereocenters. The van der Waals surface area contributed by atoms with Crippen molar-refractivity contribution in [1.29, 1.82) is 0 Å². The molecule has 1 amide bonds.